The number of nitro groups is 1. The second-order valence-corrected chi connectivity index (χ2v) is 4.31. The number of nitrogens with zero attached hydrogens (tertiary/aromatic N) is 3. The lowest BCUT2D eigenvalue weighted by molar-refractivity contribution is -0.385. The van der Waals surface area contributed by atoms with E-state index in [4.69, 9.17) is 0 Å². The molecular formula is C11H13F2N3O2. The SMILES string of the molecule is CCc1cc(N2CCC(F)(F)C2)ncc1[N+](=O)[O-]. The summed E-state index contributed by atoms with van der Waals surface area (Å²) in [5, 5.41) is 10.7. The molecule has 0 bridgehead atoms. The maximum atomic E-state index is 13.1. The highest BCUT2D eigenvalue weighted by molar-refractivity contribution is 5.50. The Morgan fingerprint density at radius 3 is 2.83 bits per heavy atom. The lowest BCUT2D eigenvalue weighted by Crippen LogP contribution is -2.25. The Bertz CT molecular complexity index is 479. The van der Waals surface area contributed by atoms with E-state index < -0.39 is 10.8 Å². The Hall–Kier alpha value is -1.79. The molecule has 1 aromatic rings. The van der Waals surface area contributed by atoms with Crippen LogP contribution in [0.4, 0.5) is 20.3 Å². The summed E-state index contributed by atoms with van der Waals surface area (Å²) in [6.07, 6.45) is 1.41. The molecule has 0 aliphatic carbocycles. The molecule has 0 spiro atoms. The zero-order valence-electron chi connectivity index (χ0n) is 9.90. The third-order valence-electron chi connectivity index (χ3n) is 3.02. The largest absolute Gasteiger partial charge is 0.350 e. The van der Waals surface area contributed by atoms with Gasteiger partial charge in [-0.1, -0.05) is 6.92 Å². The van der Waals surface area contributed by atoms with Gasteiger partial charge < -0.3 is 4.90 Å². The van der Waals surface area contributed by atoms with Crippen molar-refractivity contribution in [2.75, 3.05) is 18.0 Å². The maximum absolute atomic E-state index is 13.1. The molecule has 0 unspecified atom stereocenters. The molecule has 98 valence electrons. The predicted molar refractivity (Wildman–Crippen MR) is 62.0 cm³/mol. The summed E-state index contributed by atoms with van der Waals surface area (Å²) >= 11 is 0. The number of aromatic nitrogens is 1. The van der Waals surface area contributed by atoms with Crippen molar-refractivity contribution < 1.29 is 13.7 Å². The van der Waals surface area contributed by atoms with Crippen LogP contribution in [-0.2, 0) is 6.42 Å². The molecule has 0 atom stereocenters. The first-order valence-electron chi connectivity index (χ1n) is 5.69. The molecule has 1 aliphatic rings. The van der Waals surface area contributed by atoms with Crippen LogP contribution in [0.25, 0.3) is 0 Å². The smallest absolute Gasteiger partial charge is 0.290 e. The van der Waals surface area contributed by atoms with Crippen LogP contribution in [0, 0.1) is 10.1 Å². The minimum Gasteiger partial charge on any atom is -0.350 e. The van der Waals surface area contributed by atoms with Gasteiger partial charge >= 0.3 is 0 Å². The number of pyridine rings is 1. The van der Waals surface area contributed by atoms with E-state index in [1.165, 1.54) is 11.0 Å². The Morgan fingerprint density at radius 2 is 2.33 bits per heavy atom. The fraction of sp³-hybridized carbons (Fsp3) is 0.545. The van der Waals surface area contributed by atoms with E-state index in [9.17, 15) is 18.9 Å². The second-order valence-electron chi connectivity index (χ2n) is 4.31. The lowest BCUT2D eigenvalue weighted by Gasteiger charge is -2.17. The van der Waals surface area contributed by atoms with E-state index in [0.717, 1.165) is 6.20 Å². The molecule has 1 aliphatic heterocycles. The Balaban J connectivity index is 2.28. The number of anilines is 1. The quantitative estimate of drug-likeness (QED) is 0.616. The first-order valence-corrected chi connectivity index (χ1v) is 5.69. The number of halogens is 2. The van der Waals surface area contributed by atoms with Gasteiger partial charge in [0, 0.05) is 18.5 Å². The van der Waals surface area contributed by atoms with Crippen LogP contribution < -0.4 is 4.90 Å². The van der Waals surface area contributed by atoms with Crippen LogP contribution in [0.15, 0.2) is 12.3 Å². The van der Waals surface area contributed by atoms with Crippen molar-refractivity contribution >= 4 is 11.5 Å². The Morgan fingerprint density at radius 1 is 1.61 bits per heavy atom. The minimum absolute atomic E-state index is 0.0628. The highest BCUT2D eigenvalue weighted by Gasteiger charge is 2.39. The number of alkyl halides is 2. The average molecular weight is 257 g/mol. The summed E-state index contributed by atoms with van der Waals surface area (Å²) in [5.74, 6) is -2.31. The summed E-state index contributed by atoms with van der Waals surface area (Å²) in [7, 11) is 0. The maximum Gasteiger partial charge on any atom is 0.290 e. The monoisotopic (exact) mass is 257 g/mol. The van der Waals surface area contributed by atoms with Gasteiger partial charge in [0.05, 0.1) is 11.5 Å². The number of rotatable bonds is 3. The number of hydrogen-bond acceptors (Lipinski definition) is 4. The van der Waals surface area contributed by atoms with Crippen molar-refractivity contribution in [3.63, 3.8) is 0 Å². The minimum atomic E-state index is -2.70. The topological polar surface area (TPSA) is 59.3 Å². The average Bonchev–Trinajstić information content (AvgIpc) is 2.68. The summed E-state index contributed by atoms with van der Waals surface area (Å²) in [6.45, 7) is 1.63. The normalized spacial score (nSPS) is 18.1. The van der Waals surface area contributed by atoms with Gasteiger partial charge in [-0.25, -0.2) is 13.8 Å². The van der Waals surface area contributed by atoms with Crippen LogP contribution in [0.1, 0.15) is 18.9 Å². The predicted octanol–water partition coefficient (Wildman–Crippen LogP) is 2.40. The van der Waals surface area contributed by atoms with E-state index in [1.54, 1.807) is 6.92 Å². The van der Waals surface area contributed by atoms with Crippen molar-refractivity contribution in [2.45, 2.75) is 25.7 Å². The van der Waals surface area contributed by atoms with E-state index >= 15 is 0 Å². The standard InChI is InChI=1S/C11H13F2N3O2/c1-2-8-5-10(14-6-9(8)16(17)18)15-4-3-11(12,13)7-15/h5-6H,2-4,7H2,1H3. The Labute approximate surface area is 103 Å². The molecule has 0 aromatic carbocycles. The van der Waals surface area contributed by atoms with E-state index in [1.807, 2.05) is 0 Å². The zero-order chi connectivity index (χ0) is 13.3. The van der Waals surface area contributed by atoms with Crippen molar-refractivity contribution in [3.8, 4) is 0 Å². The summed E-state index contributed by atoms with van der Waals surface area (Å²) in [6, 6.07) is 1.53. The molecule has 1 aromatic heterocycles. The van der Waals surface area contributed by atoms with Gasteiger partial charge in [0.15, 0.2) is 0 Å². The molecule has 5 nitrogen and oxygen atoms in total. The number of aryl methyl sites for hydroxylation is 1. The van der Waals surface area contributed by atoms with Gasteiger partial charge in [-0.3, -0.25) is 10.1 Å². The van der Waals surface area contributed by atoms with Crippen LogP contribution in [0.5, 0.6) is 0 Å². The van der Waals surface area contributed by atoms with Crippen molar-refractivity contribution in [2.24, 2.45) is 0 Å². The summed E-state index contributed by atoms with van der Waals surface area (Å²) < 4.78 is 26.2. The molecule has 18 heavy (non-hydrogen) atoms. The van der Waals surface area contributed by atoms with Crippen LogP contribution in [-0.4, -0.2) is 28.9 Å². The highest BCUT2D eigenvalue weighted by Crippen LogP contribution is 2.31. The van der Waals surface area contributed by atoms with Gasteiger partial charge in [-0.05, 0) is 12.5 Å². The molecule has 0 radical (unpaired) electrons. The molecule has 7 heteroatoms. The fourth-order valence-electron chi connectivity index (χ4n) is 2.03. The van der Waals surface area contributed by atoms with Gasteiger partial charge in [0.2, 0.25) is 0 Å². The van der Waals surface area contributed by atoms with E-state index in [0.29, 0.717) is 17.8 Å². The molecule has 2 rings (SSSR count). The lowest BCUT2D eigenvalue weighted by atomic mass is 10.1. The number of hydrogen-bond donors (Lipinski definition) is 0. The zero-order valence-corrected chi connectivity index (χ0v) is 9.90. The first-order chi connectivity index (χ1) is 8.43. The highest BCUT2D eigenvalue weighted by atomic mass is 19.3. The van der Waals surface area contributed by atoms with Crippen molar-refractivity contribution in [3.05, 3.63) is 27.9 Å². The van der Waals surface area contributed by atoms with Crippen LogP contribution in [0.3, 0.4) is 0 Å². The van der Waals surface area contributed by atoms with E-state index in [2.05, 4.69) is 4.98 Å². The van der Waals surface area contributed by atoms with Crippen molar-refractivity contribution in [1.29, 1.82) is 0 Å². The van der Waals surface area contributed by atoms with Crippen LogP contribution in [0.2, 0.25) is 0 Å². The molecule has 0 amide bonds. The second kappa shape index (κ2) is 4.47. The fourth-order valence-corrected chi connectivity index (χ4v) is 2.03. The molecule has 0 N–H and O–H groups in total. The summed E-state index contributed by atoms with van der Waals surface area (Å²) in [4.78, 5) is 15.6. The van der Waals surface area contributed by atoms with Crippen LogP contribution >= 0.6 is 0 Å². The Kier molecular flexibility index (Phi) is 3.14. The van der Waals surface area contributed by atoms with Gasteiger partial charge in [-0.15, -0.1) is 0 Å². The molecule has 2 heterocycles. The van der Waals surface area contributed by atoms with Gasteiger partial charge in [0.25, 0.3) is 11.6 Å². The molecule has 1 saturated heterocycles. The molecular weight excluding hydrogens is 244 g/mol. The summed E-state index contributed by atoms with van der Waals surface area (Å²) in [5.41, 5.74) is 0.451. The van der Waals surface area contributed by atoms with E-state index in [-0.39, 0.29) is 25.2 Å². The van der Waals surface area contributed by atoms with Gasteiger partial charge in [-0.2, -0.15) is 0 Å². The van der Waals surface area contributed by atoms with Gasteiger partial charge in [0.1, 0.15) is 12.0 Å². The van der Waals surface area contributed by atoms with Crippen molar-refractivity contribution in [1.82, 2.24) is 4.98 Å². The third kappa shape index (κ3) is 2.39. The molecule has 1 fully saturated rings. The molecule has 0 saturated carbocycles. The third-order valence-corrected chi connectivity index (χ3v) is 3.02. The first kappa shape index (κ1) is 12.7.